The Morgan fingerprint density at radius 3 is 2.39 bits per heavy atom. The van der Waals surface area contributed by atoms with E-state index in [1.165, 1.54) is 18.3 Å². The maximum absolute atomic E-state index is 11.9. The molecule has 2 N–H and O–H groups in total. The van der Waals surface area contributed by atoms with Gasteiger partial charge in [0.1, 0.15) is 0 Å². The zero-order valence-electron chi connectivity index (χ0n) is 9.46. The molecule has 0 saturated heterocycles. The Balaban J connectivity index is 2.13. The lowest BCUT2D eigenvalue weighted by Gasteiger charge is -2.06. The summed E-state index contributed by atoms with van der Waals surface area (Å²) < 4.78 is 26.2. The highest BCUT2D eigenvalue weighted by molar-refractivity contribution is 7.89. The molecule has 2 aromatic rings. The number of hydrogen-bond acceptors (Lipinski definition) is 3. The van der Waals surface area contributed by atoms with Crippen LogP contribution in [0.5, 0.6) is 0 Å². The Morgan fingerprint density at radius 1 is 1.06 bits per heavy atom. The Labute approximate surface area is 105 Å². The predicted octanol–water partition coefficient (Wildman–Crippen LogP) is 0.853. The van der Waals surface area contributed by atoms with Gasteiger partial charge in [-0.05, 0) is 11.6 Å². The number of hydrogen-bond donors (Lipinski definition) is 2. The van der Waals surface area contributed by atoms with E-state index in [2.05, 4.69) is 9.71 Å². The highest BCUT2D eigenvalue weighted by atomic mass is 32.2. The highest BCUT2D eigenvalue weighted by Gasteiger charge is 2.13. The summed E-state index contributed by atoms with van der Waals surface area (Å²) in [5.74, 6) is 0. The first kappa shape index (κ1) is 12.5. The van der Waals surface area contributed by atoms with Gasteiger partial charge in [-0.2, -0.15) is 0 Å². The summed E-state index contributed by atoms with van der Waals surface area (Å²) in [4.78, 5) is 13.2. The van der Waals surface area contributed by atoms with Gasteiger partial charge in [0.15, 0.2) is 0 Å². The van der Waals surface area contributed by atoms with Crippen molar-refractivity contribution in [1.82, 2.24) is 9.71 Å². The van der Waals surface area contributed by atoms with Crippen LogP contribution in [0.3, 0.4) is 0 Å². The van der Waals surface area contributed by atoms with Crippen LogP contribution in [0.4, 0.5) is 0 Å². The lowest BCUT2D eigenvalue weighted by molar-refractivity contribution is 0.581. The van der Waals surface area contributed by atoms with Crippen LogP contribution in [0.15, 0.2) is 58.4 Å². The van der Waals surface area contributed by atoms with Crippen LogP contribution in [0.2, 0.25) is 0 Å². The molecule has 0 spiro atoms. The molecule has 0 unspecified atom stereocenters. The topological polar surface area (TPSA) is 79.0 Å². The molecule has 0 fully saturated rings. The summed E-state index contributed by atoms with van der Waals surface area (Å²) in [7, 11) is -3.60. The number of rotatable bonds is 4. The molecule has 1 heterocycles. The van der Waals surface area contributed by atoms with Crippen LogP contribution in [-0.4, -0.2) is 13.4 Å². The zero-order valence-corrected chi connectivity index (χ0v) is 10.3. The van der Waals surface area contributed by atoms with Gasteiger partial charge in [-0.25, -0.2) is 13.1 Å². The number of nitrogens with one attached hydrogen (secondary N) is 2. The van der Waals surface area contributed by atoms with E-state index in [-0.39, 0.29) is 17.0 Å². The molecule has 0 atom stereocenters. The molecular weight excluding hydrogens is 252 g/mol. The second-order valence-corrected chi connectivity index (χ2v) is 5.47. The Hall–Kier alpha value is -1.92. The maximum atomic E-state index is 11.9. The molecule has 0 aliphatic heterocycles. The van der Waals surface area contributed by atoms with Gasteiger partial charge in [-0.3, -0.25) is 4.79 Å². The number of aromatic amines is 1. The quantitative estimate of drug-likeness (QED) is 0.859. The molecule has 0 aliphatic rings. The van der Waals surface area contributed by atoms with E-state index in [0.717, 1.165) is 5.56 Å². The molecule has 5 nitrogen and oxygen atoms in total. The molecule has 0 aliphatic carbocycles. The molecular formula is C12H12N2O3S. The minimum atomic E-state index is -3.60. The van der Waals surface area contributed by atoms with Gasteiger partial charge in [-0.15, -0.1) is 0 Å². The van der Waals surface area contributed by atoms with E-state index in [0.29, 0.717) is 0 Å². The van der Waals surface area contributed by atoms with E-state index >= 15 is 0 Å². The molecule has 0 bridgehead atoms. The average Bonchev–Trinajstić information content (AvgIpc) is 2.38. The normalized spacial score (nSPS) is 11.3. The molecule has 0 radical (unpaired) electrons. The Bertz CT molecular complexity index is 657. The van der Waals surface area contributed by atoms with Gasteiger partial charge in [0, 0.05) is 18.8 Å². The van der Waals surface area contributed by atoms with Crippen LogP contribution in [0.25, 0.3) is 0 Å². The third-order valence-corrected chi connectivity index (χ3v) is 3.77. The third-order valence-electron chi connectivity index (χ3n) is 2.38. The minimum Gasteiger partial charge on any atom is -0.328 e. The van der Waals surface area contributed by atoms with E-state index in [1.807, 2.05) is 30.3 Å². The lowest BCUT2D eigenvalue weighted by Crippen LogP contribution is -2.24. The van der Waals surface area contributed by atoms with Crippen LogP contribution < -0.4 is 10.3 Å². The highest BCUT2D eigenvalue weighted by Crippen LogP contribution is 2.06. The molecule has 94 valence electrons. The van der Waals surface area contributed by atoms with Crippen LogP contribution in [-0.2, 0) is 16.6 Å². The first-order valence-electron chi connectivity index (χ1n) is 5.30. The fourth-order valence-electron chi connectivity index (χ4n) is 1.42. The number of benzene rings is 1. The molecule has 0 saturated carbocycles. The summed E-state index contributed by atoms with van der Waals surface area (Å²) in [6.45, 7) is 0.211. The van der Waals surface area contributed by atoms with E-state index in [4.69, 9.17) is 0 Å². The summed E-state index contributed by atoms with van der Waals surface area (Å²) in [5, 5.41) is 0. The van der Waals surface area contributed by atoms with Crippen LogP contribution in [0, 0.1) is 0 Å². The standard InChI is InChI=1S/C12H12N2O3S/c15-12-7-6-11(9-13-12)18(16,17)14-8-10-4-2-1-3-5-10/h1-7,9,14H,8H2,(H,13,15). The first-order valence-corrected chi connectivity index (χ1v) is 6.78. The Kier molecular flexibility index (Phi) is 3.59. The third kappa shape index (κ3) is 3.06. The largest absolute Gasteiger partial charge is 0.328 e. The summed E-state index contributed by atoms with van der Waals surface area (Å²) in [5.41, 5.74) is 0.530. The van der Waals surface area contributed by atoms with E-state index in [1.54, 1.807) is 0 Å². The molecule has 0 amide bonds. The van der Waals surface area contributed by atoms with Gasteiger partial charge in [0.25, 0.3) is 0 Å². The smallest absolute Gasteiger partial charge is 0.247 e. The van der Waals surface area contributed by atoms with Crippen molar-refractivity contribution in [3.8, 4) is 0 Å². The SMILES string of the molecule is O=c1ccc(S(=O)(=O)NCc2ccccc2)c[nH]1. The van der Waals surface area contributed by atoms with Crippen molar-refractivity contribution in [2.75, 3.05) is 0 Å². The van der Waals surface area contributed by atoms with Gasteiger partial charge in [0.2, 0.25) is 15.6 Å². The second kappa shape index (κ2) is 5.16. The van der Waals surface area contributed by atoms with Gasteiger partial charge in [0.05, 0.1) is 4.90 Å². The van der Waals surface area contributed by atoms with Crippen molar-refractivity contribution in [3.63, 3.8) is 0 Å². The van der Waals surface area contributed by atoms with Crippen molar-refractivity contribution in [3.05, 3.63) is 64.6 Å². The first-order chi connectivity index (χ1) is 8.58. The summed E-state index contributed by atoms with van der Waals surface area (Å²) in [6.07, 6.45) is 1.18. The fraction of sp³-hybridized carbons (Fsp3) is 0.0833. The van der Waals surface area contributed by atoms with Crippen molar-refractivity contribution >= 4 is 10.0 Å². The molecule has 6 heteroatoms. The van der Waals surface area contributed by atoms with Crippen molar-refractivity contribution in [1.29, 1.82) is 0 Å². The maximum Gasteiger partial charge on any atom is 0.247 e. The molecule has 2 rings (SSSR count). The van der Waals surface area contributed by atoms with Gasteiger partial charge < -0.3 is 4.98 Å². The van der Waals surface area contributed by atoms with Gasteiger partial charge in [-0.1, -0.05) is 30.3 Å². The number of aromatic nitrogens is 1. The van der Waals surface area contributed by atoms with Gasteiger partial charge >= 0.3 is 0 Å². The molecule has 1 aromatic heterocycles. The monoisotopic (exact) mass is 264 g/mol. The number of H-pyrrole nitrogens is 1. The Morgan fingerprint density at radius 2 is 1.78 bits per heavy atom. The molecule has 18 heavy (non-hydrogen) atoms. The average molecular weight is 264 g/mol. The fourth-order valence-corrected chi connectivity index (χ4v) is 2.41. The minimum absolute atomic E-state index is 0.0398. The zero-order chi connectivity index (χ0) is 13.0. The number of pyridine rings is 1. The van der Waals surface area contributed by atoms with Crippen molar-refractivity contribution in [2.24, 2.45) is 0 Å². The lowest BCUT2D eigenvalue weighted by atomic mass is 10.2. The van der Waals surface area contributed by atoms with E-state index in [9.17, 15) is 13.2 Å². The van der Waals surface area contributed by atoms with Crippen molar-refractivity contribution in [2.45, 2.75) is 11.4 Å². The van der Waals surface area contributed by atoms with Crippen LogP contribution in [0.1, 0.15) is 5.56 Å². The predicted molar refractivity (Wildman–Crippen MR) is 67.5 cm³/mol. The second-order valence-electron chi connectivity index (χ2n) is 3.70. The summed E-state index contributed by atoms with van der Waals surface area (Å²) >= 11 is 0. The van der Waals surface area contributed by atoms with E-state index < -0.39 is 10.0 Å². The summed E-state index contributed by atoms with van der Waals surface area (Å²) in [6, 6.07) is 11.6. The van der Waals surface area contributed by atoms with Crippen LogP contribution >= 0.6 is 0 Å². The number of sulfonamides is 1. The molecule has 1 aromatic carbocycles. The van der Waals surface area contributed by atoms with Crippen molar-refractivity contribution < 1.29 is 8.42 Å².